The number of nitrogens with zero attached hydrogens (tertiary/aromatic N) is 1. The van der Waals surface area contributed by atoms with Crippen LogP contribution in [0.5, 0.6) is 0 Å². The Morgan fingerprint density at radius 1 is 1.59 bits per heavy atom. The van der Waals surface area contributed by atoms with Crippen molar-refractivity contribution in [2.45, 2.75) is 6.92 Å². The second kappa shape index (κ2) is 5.87. The van der Waals surface area contributed by atoms with Gasteiger partial charge in [-0.1, -0.05) is 17.5 Å². The minimum atomic E-state index is -0.573. The first-order valence-electron chi connectivity index (χ1n) is 4.68. The van der Waals surface area contributed by atoms with Crippen LogP contribution < -0.4 is 5.32 Å². The summed E-state index contributed by atoms with van der Waals surface area (Å²) in [6.07, 6.45) is 0. The molecule has 5 nitrogen and oxygen atoms in total. The topological polar surface area (TPSA) is 72.2 Å². The van der Waals surface area contributed by atoms with Crippen LogP contribution in [0.15, 0.2) is 18.2 Å². The lowest BCUT2D eigenvalue weighted by atomic mass is 10.2. The molecular formula is C11H9ClN2O3. The Morgan fingerprint density at radius 2 is 2.29 bits per heavy atom. The van der Waals surface area contributed by atoms with E-state index < -0.39 is 10.8 Å². The molecule has 0 spiro atoms. The summed E-state index contributed by atoms with van der Waals surface area (Å²) in [7, 11) is 0. The first kappa shape index (κ1) is 13.0. The van der Waals surface area contributed by atoms with Gasteiger partial charge in [0.05, 0.1) is 22.1 Å². The SMILES string of the molecule is CC#CCNC(=O)c1ccc([N+](=O)[O-])cc1Cl. The molecule has 0 radical (unpaired) electrons. The molecule has 0 aliphatic carbocycles. The summed E-state index contributed by atoms with van der Waals surface area (Å²) in [5.74, 6) is 4.88. The predicted octanol–water partition coefficient (Wildman–Crippen LogP) is 2.00. The molecular weight excluding hydrogens is 244 g/mol. The Bertz CT molecular complexity index is 517. The van der Waals surface area contributed by atoms with Gasteiger partial charge in [0.25, 0.3) is 11.6 Å². The number of hydrogen-bond acceptors (Lipinski definition) is 3. The Kier molecular flexibility index (Phi) is 4.49. The number of rotatable bonds is 3. The first-order chi connectivity index (χ1) is 8.06. The lowest BCUT2D eigenvalue weighted by Gasteiger charge is -2.03. The van der Waals surface area contributed by atoms with Crippen molar-refractivity contribution in [3.8, 4) is 11.8 Å². The maximum absolute atomic E-state index is 11.6. The zero-order valence-electron chi connectivity index (χ0n) is 8.99. The maximum Gasteiger partial charge on any atom is 0.270 e. The average molecular weight is 253 g/mol. The summed E-state index contributed by atoms with van der Waals surface area (Å²) in [5, 5.41) is 13.0. The highest BCUT2D eigenvalue weighted by Crippen LogP contribution is 2.22. The molecule has 0 saturated heterocycles. The smallest absolute Gasteiger partial charge is 0.270 e. The second-order valence-corrected chi connectivity index (χ2v) is 3.44. The Labute approximate surface area is 103 Å². The molecule has 1 rings (SSSR count). The van der Waals surface area contributed by atoms with Crippen molar-refractivity contribution in [3.05, 3.63) is 38.9 Å². The second-order valence-electron chi connectivity index (χ2n) is 3.03. The van der Waals surface area contributed by atoms with Crippen LogP contribution in [0.25, 0.3) is 0 Å². The molecule has 0 heterocycles. The molecule has 0 saturated carbocycles. The van der Waals surface area contributed by atoms with E-state index in [1.807, 2.05) is 0 Å². The number of amides is 1. The predicted molar refractivity (Wildman–Crippen MR) is 63.9 cm³/mol. The van der Waals surface area contributed by atoms with Crippen molar-refractivity contribution >= 4 is 23.2 Å². The van der Waals surface area contributed by atoms with Crippen LogP contribution in [0.2, 0.25) is 5.02 Å². The van der Waals surface area contributed by atoms with Crippen molar-refractivity contribution in [3.63, 3.8) is 0 Å². The summed E-state index contributed by atoms with van der Waals surface area (Å²) >= 11 is 5.78. The first-order valence-corrected chi connectivity index (χ1v) is 5.05. The van der Waals surface area contributed by atoms with Crippen molar-refractivity contribution < 1.29 is 9.72 Å². The fourth-order valence-electron chi connectivity index (χ4n) is 1.11. The summed E-state index contributed by atoms with van der Waals surface area (Å²) in [5.41, 5.74) is 0.0371. The number of carbonyl (C=O) groups is 1. The largest absolute Gasteiger partial charge is 0.341 e. The average Bonchev–Trinajstić information content (AvgIpc) is 2.28. The molecule has 0 atom stereocenters. The minimum absolute atomic E-state index is 0.0427. The van der Waals surface area contributed by atoms with E-state index in [-0.39, 0.29) is 22.8 Å². The minimum Gasteiger partial charge on any atom is -0.341 e. The van der Waals surface area contributed by atoms with Crippen LogP contribution in [0.4, 0.5) is 5.69 Å². The van der Waals surface area contributed by atoms with E-state index in [0.29, 0.717) is 0 Å². The third-order valence-corrected chi connectivity index (χ3v) is 2.23. The van der Waals surface area contributed by atoms with Crippen LogP contribution in [0.3, 0.4) is 0 Å². The molecule has 17 heavy (non-hydrogen) atoms. The molecule has 1 aromatic rings. The van der Waals surface area contributed by atoms with E-state index in [9.17, 15) is 14.9 Å². The number of nitro benzene ring substituents is 1. The van der Waals surface area contributed by atoms with Crippen molar-refractivity contribution in [1.29, 1.82) is 0 Å². The van der Waals surface area contributed by atoms with Gasteiger partial charge in [0.1, 0.15) is 0 Å². The number of halogens is 1. The summed E-state index contributed by atoms with van der Waals surface area (Å²) in [6.45, 7) is 1.87. The molecule has 1 amide bonds. The Balaban J connectivity index is 2.87. The van der Waals surface area contributed by atoms with Gasteiger partial charge in [0.15, 0.2) is 0 Å². The Hall–Kier alpha value is -2.06. The zero-order chi connectivity index (χ0) is 12.8. The standard InChI is InChI=1S/C11H9ClN2O3/c1-2-3-6-13-11(15)9-5-4-8(14(16)17)7-10(9)12/h4-5,7H,6H2,1H3,(H,13,15). The number of non-ortho nitro benzene ring substituents is 1. The van der Waals surface area contributed by atoms with Gasteiger partial charge in [-0.3, -0.25) is 14.9 Å². The van der Waals surface area contributed by atoms with E-state index in [1.54, 1.807) is 6.92 Å². The van der Waals surface area contributed by atoms with Gasteiger partial charge in [0.2, 0.25) is 0 Å². The monoisotopic (exact) mass is 252 g/mol. The molecule has 88 valence electrons. The molecule has 0 aliphatic heterocycles. The van der Waals surface area contributed by atoms with E-state index in [1.165, 1.54) is 12.1 Å². The quantitative estimate of drug-likeness (QED) is 0.508. The molecule has 0 unspecified atom stereocenters. The van der Waals surface area contributed by atoms with Crippen LogP contribution in [0, 0.1) is 22.0 Å². The third-order valence-electron chi connectivity index (χ3n) is 1.92. The summed E-state index contributed by atoms with van der Waals surface area (Å²) in [4.78, 5) is 21.5. The number of nitro groups is 1. The normalized spacial score (nSPS) is 9.06. The lowest BCUT2D eigenvalue weighted by Crippen LogP contribution is -2.23. The van der Waals surface area contributed by atoms with Gasteiger partial charge >= 0.3 is 0 Å². The van der Waals surface area contributed by atoms with Gasteiger partial charge in [0, 0.05) is 12.1 Å². The van der Waals surface area contributed by atoms with Gasteiger partial charge in [-0.2, -0.15) is 0 Å². The molecule has 1 aromatic carbocycles. The van der Waals surface area contributed by atoms with Crippen molar-refractivity contribution in [1.82, 2.24) is 5.32 Å². The van der Waals surface area contributed by atoms with Crippen LogP contribution >= 0.6 is 11.6 Å². The fraction of sp³-hybridized carbons (Fsp3) is 0.182. The molecule has 0 fully saturated rings. The molecule has 6 heteroatoms. The van der Waals surface area contributed by atoms with E-state index in [2.05, 4.69) is 17.2 Å². The number of nitrogens with one attached hydrogen (secondary N) is 1. The molecule has 1 N–H and O–H groups in total. The summed E-state index contributed by atoms with van der Waals surface area (Å²) in [6, 6.07) is 3.68. The van der Waals surface area contributed by atoms with Gasteiger partial charge < -0.3 is 5.32 Å². The summed E-state index contributed by atoms with van der Waals surface area (Å²) < 4.78 is 0. The number of benzene rings is 1. The van der Waals surface area contributed by atoms with E-state index in [4.69, 9.17) is 11.6 Å². The van der Waals surface area contributed by atoms with Crippen LogP contribution in [-0.4, -0.2) is 17.4 Å². The highest BCUT2D eigenvalue weighted by Gasteiger charge is 2.14. The number of carbonyl (C=O) groups excluding carboxylic acids is 1. The molecule has 0 aliphatic rings. The van der Waals surface area contributed by atoms with Crippen LogP contribution in [0.1, 0.15) is 17.3 Å². The molecule has 0 bridgehead atoms. The van der Waals surface area contributed by atoms with Crippen LogP contribution in [-0.2, 0) is 0 Å². The lowest BCUT2D eigenvalue weighted by molar-refractivity contribution is -0.384. The Morgan fingerprint density at radius 3 is 2.82 bits per heavy atom. The van der Waals surface area contributed by atoms with Crippen molar-refractivity contribution in [2.75, 3.05) is 6.54 Å². The van der Waals surface area contributed by atoms with Gasteiger partial charge in [-0.05, 0) is 13.0 Å². The van der Waals surface area contributed by atoms with E-state index in [0.717, 1.165) is 6.07 Å². The van der Waals surface area contributed by atoms with Crippen molar-refractivity contribution in [2.24, 2.45) is 0 Å². The van der Waals surface area contributed by atoms with Gasteiger partial charge in [-0.25, -0.2) is 0 Å². The maximum atomic E-state index is 11.6. The van der Waals surface area contributed by atoms with Gasteiger partial charge in [-0.15, -0.1) is 5.92 Å². The zero-order valence-corrected chi connectivity index (χ0v) is 9.75. The highest BCUT2D eigenvalue weighted by atomic mass is 35.5. The number of hydrogen-bond donors (Lipinski definition) is 1. The fourth-order valence-corrected chi connectivity index (χ4v) is 1.37. The molecule has 0 aromatic heterocycles. The van der Waals surface area contributed by atoms with E-state index >= 15 is 0 Å². The highest BCUT2D eigenvalue weighted by molar-refractivity contribution is 6.34. The third kappa shape index (κ3) is 3.47.